The Balaban J connectivity index is 0.000000606. The van der Waals surface area contributed by atoms with E-state index < -0.39 is 0 Å². The van der Waals surface area contributed by atoms with E-state index in [2.05, 4.69) is 5.16 Å². The van der Waals surface area contributed by atoms with E-state index in [9.17, 15) is 0 Å². The smallest absolute Gasteiger partial charge is 0.170 e. The van der Waals surface area contributed by atoms with Crippen LogP contribution < -0.4 is 11.5 Å². The Hall–Kier alpha value is -1.55. The van der Waals surface area contributed by atoms with Crippen molar-refractivity contribution in [1.29, 1.82) is 0 Å². The molecule has 0 aliphatic heterocycles. The van der Waals surface area contributed by atoms with Crippen molar-refractivity contribution in [3.05, 3.63) is 34.9 Å². The molecule has 88 valence electrons. The van der Waals surface area contributed by atoms with Gasteiger partial charge in [-0.1, -0.05) is 37.2 Å². The Morgan fingerprint density at radius 3 is 2.75 bits per heavy atom. The minimum Gasteiger partial charge on any atom is -0.409 e. The summed E-state index contributed by atoms with van der Waals surface area (Å²) in [4.78, 5) is 0. The Kier molecular flexibility index (Phi) is 4.31. The van der Waals surface area contributed by atoms with Gasteiger partial charge in [0.1, 0.15) is 0 Å². The number of fused-ring (bicyclic) bond motifs is 1. The average Bonchev–Trinajstić information content (AvgIpc) is 2.73. The van der Waals surface area contributed by atoms with Crippen molar-refractivity contribution in [2.24, 2.45) is 16.6 Å². The molecule has 0 spiro atoms. The first-order chi connectivity index (χ1) is 7.74. The van der Waals surface area contributed by atoms with Crippen molar-refractivity contribution < 1.29 is 5.21 Å². The van der Waals surface area contributed by atoms with E-state index in [1.165, 1.54) is 0 Å². The van der Waals surface area contributed by atoms with Gasteiger partial charge < -0.3 is 16.7 Å². The highest BCUT2D eigenvalue weighted by Crippen LogP contribution is 2.31. The molecule has 4 nitrogen and oxygen atoms in total. The average molecular weight is 221 g/mol. The fourth-order valence-electron chi connectivity index (χ4n) is 1.98. The molecule has 0 heterocycles. The second-order valence-corrected chi connectivity index (χ2v) is 3.50. The third kappa shape index (κ3) is 2.17. The molecule has 1 aromatic rings. The maximum atomic E-state index is 8.62. The van der Waals surface area contributed by atoms with E-state index in [1.807, 2.05) is 32.0 Å². The van der Waals surface area contributed by atoms with Gasteiger partial charge in [-0.25, -0.2) is 0 Å². The predicted molar refractivity (Wildman–Crippen MR) is 65.6 cm³/mol. The van der Waals surface area contributed by atoms with Crippen LogP contribution in [0.4, 0.5) is 0 Å². The summed E-state index contributed by atoms with van der Waals surface area (Å²) in [6.07, 6.45) is 1.84. The fourth-order valence-corrected chi connectivity index (χ4v) is 1.98. The van der Waals surface area contributed by atoms with Crippen LogP contribution in [0.25, 0.3) is 0 Å². The molecule has 16 heavy (non-hydrogen) atoms. The number of rotatable bonds is 1. The third-order valence-electron chi connectivity index (χ3n) is 2.70. The molecular weight excluding hydrogens is 202 g/mol. The second-order valence-electron chi connectivity index (χ2n) is 3.50. The van der Waals surface area contributed by atoms with Gasteiger partial charge in [-0.3, -0.25) is 0 Å². The molecule has 0 bridgehead atoms. The number of hydrogen-bond donors (Lipinski definition) is 3. The van der Waals surface area contributed by atoms with Gasteiger partial charge in [-0.05, 0) is 24.0 Å². The van der Waals surface area contributed by atoms with Crippen LogP contribution in [0.2, 0.25) is 0 Å². The summed E-state index contributed by atoms with van der Waals surface area (Å²) in [5.74, 6) is 0.163. The van der Waals surface area contributed by atoms with Gasteiger partial charge in [0.25, 0.3) is 0 Å². The molecular formula is C12H19N3O. The first kappa shape index (κ1) is 12.5. The van der Waals surface area contributed by atoms with Gasteiger partial charge in [0.15, 0.2) is 5.84 Å². The van der Waals surface area contributed by atoms with Crippen LogP contribution in [0.5, 0.6) is 0 Å². The van der Waals surface area contributed by atoms with Crippen LogP contribution in [0.15, 0.2) is 23.4 Å². The van der Waals surface area contributed by atoms with E-state index >= 15 is 0 Å². The maximum Gasteiger partial charge on any atom is 0.170 e. The number of benzene rings is 1. The lowest BCUT2D eigenvalue weighted by Crippen LogP contribution is -2.15. The van der Waals surface area contributed by atoms with Gasteiger partial charge in [0.05, 0.1) is 0 Å². The molecule has 1 aliphatic rings. The number of amidine groups is 1. The Bertz CT molecular complexity index is 388. The fraction of sp³-hybridized carbons (Fsp3) is 0.417. The zero-order valence-electron chi connectivity index (χ0n) is 9.77. The summed E-state index contributed by atoms with van der Waals surface area (Å²) >= 11 is 0. The topological polar surface area (TPSA) is 84.6 Å². The summed E-state index contributed by atoms with van der Waals surface area (Å²) in [5, 5.41) is 11.6. The molecule has 1 atom stereocenters. The van der Waals surface area contributed by atoms with E-state index in [-0.39, 0.29) is 11.9 Å². The lowest BCUT2D eigenvalue weighted by atomic mass is 10.0. The quantitative estimate of drug-likeness (QED) is 0.292. The van der Waals surface area contributed by atoms with Crippen LogP contribution >= 0.6 is 0 Å². The van der Waals surface area contributed by atoms with Gasteiger partial charge in [-0.15, -0.1) is 0 Å². The standard InChI is InChI=1S/C10H13N3O.C2H6/c11-9-5-4-6-7(9)2-1-3-8(6)10(12)13-14;1-2/h1-3,9,14H,4-5,11H2,(H2,12,13);1-2H3. The first-order valence-electron chi connectivity index (χ1n) is 5.59. The monoisotopic (exact) mass is 221 g/mol. The highest BCUT2D eigenvalue weighted by molar-refractivity contribution is 5.98. The largest absolute Gasteiger partial charge is 0.409 e. The van der Waals surface area contributed by atoms with E-state index in [0.29, 0.717) is 0 Å². The van der Waals surface area contributed by atoms with Gasteiger partial charge in [-0.2, -0.15) is 0 Å². The summed E-state index contributed by atoms with van der Waals surface area (Å²) in [6, 6.07) is 5.83. The Labute approximate surface area is 95.9 Å². The van der Waals surface area contributed by atoms with Crippen LogP contribution in [-0.4, -0.2) is 11.0 Å². The van der Waals surface area contributed by atoms with Gasteiger partial charge in [0, 0.05) is 11.6 Å². The molecule has 0 saturated carbocycles. The normalized spacial score (nSPS) is 18.7. The number of hydrogen-bond acceptors (Lipinski definition) is 3. The minimum absolute atomic E-state index is 0.0939. The minimum atomic E-state index is 0.0939. The number of nitrogens with zero attached hydrogens (tertiary/aromatic N) is 1. The number of nitrogens with two attached hydrogens (primary N) is 2. The first-order valence-corrected chi connectivity index (χ1v) is 5.59. The van der Waals surface area contributed by atoms with Gasteiger partial charge >= 0.3 is 0 Å². The van der Waals surface area contributed by atoms with Gasteiger partial charge in [0.2, 0.25) is 0 Å². The predicted octanol–water partition coefficient (Wildman–Crippen LogP) is 1.75. The molecule has 2 rings (SSSR count). The highest BCUT2D eigenvalue weighted by Gasteiger charge is 2.22. The summed E-state index contributed by atoms with van der Waals surface area (Å²) < 4.78 is 0. The molecule has 1 aliphatic carbocycles. The molecule has 0 amide bonds. The van der Waals surface area contributed by atoms with E-state index in [0.717, 1.165) is 29.5 Å². The van der Waals surface area contributed by atoms with Crippen LogP contribution in [0.3, 0.4) is 0 Å². The molecule has 5 N–H and O–H groups in total. The molecule has 0 saturated heterocycles. The lowest BCUT2D eigenvalue weighted by Gasteiger charge is -2.07. The van der Waals surface area contributed by atoms with Crippen LogP contribution in [0, 0.1) is 0 Å². The van der Waals surface area contributed by atoms with Crippen LogP contribution in [-0.2, 0) is 6.42 Å². The SMILES string of the molecule is CC.N/C(=N/O)c1cccc2c1CCC2N. The zero-order valence-corrected chi connectivity index (χ0v) is 9.77. The van der Waals surface area contributed by atoms with Crippen molar-refractivity contribution in [1.82, 2.24) is 0 Å². The summed E-state index contributed by atoms with van der Waals surface area (Å²) in [7, 11) is 0. The van der Waals surface area contributed by atoms with Crippen molar-refractivity contribution in [3.8, 4) is 0 Å². The molecule has 4 heteroatoms. The summed E-state index contributed by atoms with van der Waals surface area (Å²) in [6.45, 7) is 4.00. The zero-order chi connectivity index (χ0) is 12.1. The van der Waals surface area contributed by atoms with Crippen molar-refractivity contribution >= 4 is 5.84 Å². The van der Waals surface area contributed by atoms with Crippen molar-refractivity contribution in [2.45, 2.75) is 32.7 Å². The molecule has 1 unspecified atom stereocenters. The molecule has 0 fully saturated rings. The van der Waals surface area contributed by atoms with Crippen LogP contribution in [0.1, 0.15) is 43.0 Å². The lowest BCUT2D eigenvalue weighted by molar-refractivity contribution is 0.318. The highest BCUT2D eigenvalue weighted by atomic mass is 16.4. The van der Waals surface area contributed by atoms with E-state index in [4.69, 9.17) is 16.7 Å². The number of oxime groups is 1. The Morgan fingerprint density at radius 2 is 2.12 bits per heavy atom. The molecule has 1 aromatic carbocycles. The maximum absolute atomic E-state index is 8.62. The van der Waals surface area contributed by atoms with Crippen molar-refractivity contribution in [2.75, 3.05) is 0 Å². The molecule has 0 radical (unpaired) electrons. The van der Waals surface area contributed by atoms with E-state index in [1.54, 1.807) is 0 Å². The third-order valence-corrected chi connectivity index (χ3v) is 2.70. The van der Waals surface area contributed by atoms with Crippen molar-refractivity contribution in [3.63, 3.8) is 0 Å². The summed E-state index contributed by atoms with van der Waals surface area (Å²) in [5.41, 5.74) is 14.5. The Morgan fingerprint density at radius 1 is 1.44 bits per heavy atom. The molecule has 0 aromatic heterocycles. The second kappa shape index (κ2) is 5.51.